The van der Waals surface area contributed by atoms with E-state index in [1.165, 1.54) is 24.0 Å². The van der Waals surface area contributed by atoms with E-state index in [0.29, 0.717) is 6.54 Å². The van der Waals surface area contributed by atoms with E-state index in [1.54, 1.807) is 0 Å². The van der Waals surface area contributed by atoms with Gasteiger partial charge >= 0.3 is 0 Å². The second-order valence-corrected chi connectivity index (χ2v) is 4.85. The lowest BCUT2D eigenvalue weighted by molar-refractivity contribution is 0.369. The second-order valence-electron chi connectivity index (χ2n) is 4.85. The molecule has 0 unspecified atom stereocenters. The molecule has 0 atom stereocenters. The summed E-state index contributed by atoms with van der Waals surface area (Å²) in [5.41, 5.74) is 2.70. The summed E-state index contributed by atoms with van der Waals surface area (Å²) in [6.45, 7) is 2.60. The summed E-state index contributed by atoms with van der Waals surface area (Å²) in [7, 11) is 2.05. The summed E-state index contributed by atoms with van der Waals surface area (Å²) in [5, 5.41) is 3.53. The molecule has 0 aliphatic heterocycles. The Bertz CT molecular complexity index is 402. The Labute approximate surface area is 104 Å². The summed E-state index contributed by atoms with van der Waals surface area (Å²) >= 11 is 0. The predicted molar refractivity (Wildman–Crippen MR) is 71.5 cm³/mol. The summed E-state index contributed by atoms with van der Waals surface area (Å²) in [4.78, 5) is 2.15. The summed E-state index contributed by atoms with van der Waals surface area (Å²) < 4.78 is 0. The number of benzene rings is 1. The maximum Gasteiger partial charge on any atom is 0.0599 e. The van der Waals surface area contributed by atoms with Crippen molar-refractivity contribution in [1.82, 2.24) is 10.2 Å². The van der Waals surface area contributed by atoms with Gasteiger partial charge in [0.2, 0.25) is 0 Å². The van der Waals surface area contributed by atoms with Gasteiger partial charge in [0.25, 0.3) is 0 Å². The molecule has 17 heavy (non-hydrogen) atoms. The molecule has 1 fully saturated rings. The van der Waals surface area contributed by atoms with Gasteiger partial charge in [-0.3, -0.25) is 4.90 Å². The molecule has 0 saturated heterocycles. The van der Waals surface area contributed by atoms with Crippen LogP contribution in [0.5, 0.6) is 0 Å². The molecule has 90 valence electrons. The number of hydrogen-bond donors (Lipinski definition) is 1. The van der Waals surface area contributed by atoms with Crippen molar-refractivity contribution in [2.45, 2.75) is 32.0 Å². The quantitative estimate of drug-likeness (QED) is 0.749. The molecule has 2 rings (SSSR count). The molecule has 2 nitrogen and oxygen atoms in total. The smallest absolute Gasteiger partial charge is 0.0599 e. The average Bonchev–Trinajstić information content (AvgIpc) is 3.11. The normalized spacial score (nSPS) is 14.9. The molecular weight excluding hydrogens is 208 g/mol. The molecule has 1 aliphatic rings. The van der Waals surface area contributed by atoms with Crippen LogP contribution in [0.25, 0.3) is 0 Å². The maximum absolute atomic E-state index is 5.30. The molecule has 0 radical (unpaired) electrons. The maximum atomic E-state index is 5.30. The Morgan fingerprint density at radius 1 is 1.41 bits per heavy atom. The number of nitrogens with zero attached hydrogens (tertiary/aromatic N) is 1. The van der Waals surface area contributed by atoms with E-state index < -0.39 is 0 Å². The van der Waals surface area contributed by atoms with E-state index in [4.69, 9.17) is 6.42 Å². The van der Waals surface area contributed by atoms with Crippen molar-refractivity contribution in [3.8, 4) is 12.3 Å². The molecule has 0 amide bonds. The second kappa shape index (κ2) is 5.86. The molecule has 0 heterocycles. The molecule has 1 N–H and O–H groups in total. The van der Waals surface area contributed by atoms with Crippen LogP contribution < -0.4 is 5.32 Å². The summed E-state index contributed by atoms with van der Waals surface area (Å²) in [6.07, 6.45) is 7.98. The molecule has 2 heteroatoms. The average molecular weight is 228 g/mol. The first-order valence-electron chi connectivity index (χ1n) is 6.21. The molecule has 1 aromatic carbocycles. The number of terminal acetylenes is 1. The third-order valence-corrected chi connectivity index (χ3v) is 2.98. The van der Waals surface area contributed by atoms with Crippen LogP contribution >= 0.6 is 0 Å². The van der Waals surface area contributed by atoms with E-state index in [9.17, 15) is 0 Å². The largest absolute Gasteiger partial charge is 0.310 e. The fourth-order valence-corrected chi connectivity index (χ4v) is 1.91. The van der Waals surface area contributed by atoms with Gasteiger partial charge < -0.3 is 5.32 Å². The van der Waals surface area contributed by atoms with Crippen molar-refractivity contribution in [2.24, 2.45) is 0 Å². The van der Waals surface area contributed by atoms with Gasteiger partial charge in [-0.05, 0) is 31.0 Å². The predicted octanol–water partition coefficient (Wildman–Crippen LogP) is 2.00. The SMILES string of the molecule is C#CCN(C)Cc1cccc(CNC2CC2)c1. The first-order chi connectivity index (χ1) is 8.28. The summed E-state index contributed by atoms with van der Waals surface area (Å²) in [6, 6.07) is 9.50. The standard InChI is InChI=1S/C15H20N2/c1-3-9-17(2)12-14-6-4-5-13(10-14)11-16-15-7-8-15/h1,4-6,10,15-16H,7-9,11-12H2,2H3. The van der Waals surface area contributed by atoms with E-state index in [-0.39, 0.29) is 0 Å². The van der Waals surface area contributed by atoms with Gasteiger partial charge in [-0.15, -0.1) is 6.42 Å². The highest BCUT2D eigenvalue weighted by Gasteiger charge is 2.19. The van der Waals surface area contributed by atoms with Crippen LogP contribution in [-0.2, 0) is 13.1 Å². The fraction of sp³-hybridized carbons (Fsp3) is 0.467. The third kappa shape index (κ3) is 4.22. The Morgan fingerprint density at radius 2 is 2.18 bits per heavy atom. The van der Waals surface area contributed by atoms with Crippen LogP contribution in [-0.4, -0.2) is 24.5 Å². The zero-order chi connectivity index (χ0) is 12.1. The molecule has 0 bridgehead atoms. The van der Waals surface area contributed by atoms with Crippen molar-refractivity contribution in [3.63, 3.8) is 0 Å². The fourth-order valence-electron chi connectivity index (χ4n) is 1.91. The van der Waals surface area contributed by atoms with Gasteiger partial charge in [0.1, 0.15) is 0 Å². The highest BCUT2D eigenvalue weighted by molar-refractivity contribution is 5.23. The van der Waals surface area contributed by atoms with Crippen LogP contribution in [0.2, 0.25) is 0 Å². The van der Waals surface area contributed by atoms with Crippen LogP contribution in [0.3, 0.4) is 0 Å². The van der Waals surface area contributed by atoms with Gasteiger partial charge in [-0.1, -0.05) is 30.2 Å². The van der Waals surface area contributed by atoms with Crippen molar-refractivity contribution < 1.29 is 0 Å². The van der Waals surface area contributed by atoms with E-state index in [0.717, 1.165) is 19.1 Å². The van der Waals surface area contributed by atoms with Crippen molar-refractivity contribution in [2.75, 3.05) is 13.6 Å². The monoisotopic (exact) mass is 228 g/mol. The zero-order valence-electron chi connectivity index (χ0n) is 10.4. The lowest BCUT2D eigenvalue weighted by Crippen LogP contribution is -2.18. The Balaban J connectivity index is 1.88. The van der Waals surface area contributed by atoms with Gasteiger partial charge in [0.05, 0.1) is 6.54 Å². The number of rotatable bonds is 6. The minimum atomic E-state index is 0.699. The topological polar surface area (TPSA) is 15.3 Å². The first kappa shape index (κ1) is 12.2. The first-order valence-corrected chi connectivity index (χ1v) is 6.21. The molecule has 1 aliphatic carbocycles. The molecular formula is C15H20N2. The molecule has 1 aromatic rings. The molecule has 0 aromatic heterocycles. The van der Waals surface area contributed by atoms with E-state index in [2.05, 4.69) is 47.5 Å². The van der Waals surface area contributed by atoms with Crippen molar-refractivity contribution in [3.05, 3.63) is 35.4 Å². The van der Waals surface area contributed by atoms with Crippen LogP contribution in [0.4, 0.5) is 0 Å². The zero-order valence-corrected chi connectivity index (χ0v) is 10.4. The van der Waals surface area contributed by atoms with Gasteiger partial charge in [0, 0.05) is 19.1 Å². The lowest BCUT2D eigenvalue weighted by Gasteiger charge is -2.14. The van der Waals surface area contributed by atoms with E-state index in [1.807, 2.05) is 0 Å². The minimum Gasteiger partial charge on any atom is -0.310 e. The van der Waals surface area contributed by atoms with Crippen LogP contribution in [0.15, 0.2) is 24.3 Å². The minimum absolute atomic E-state index is 0.699. The number of nitrogens with one attached hydrogen (secondary N) is 1. The Hall–Kier alpha value is -1.30. The highest BCUT2D eigenvalue weighted by atomic mass is 15.1. The Morgan fingerprint density at radius 3 is 2.88 bits per heavy atom. The Kier molecular flexibility index (Phi) is 4.19. The van der Waals surface area contributed by atoms with Crippen LogP contribution in [0, 0.1) is 12.3 Å². The van der Waals surface area contributed by atoms with Gasteiger partial charge in [0.15, 0.2) is 0 Å². The van der Waals surface area contributed by atoms with Crippen molar-refractivity contribution >= 4 is 0 Å². The lowest BCUT2D eigenvalue weighted by atomic mass is 10.1. The summed E-state index contributed by atoms with van der Waals surface area (Å²) in [5.74, 6) is 2.66. The highest BCUT2D eigenvalue weighted by Crippen LogP contribution is 2.19. The molecule has 1 saturated carbocycles. The van der Waals surface area contributed by atoms with E-state index >= 15 is 0 Å². The number of hydrogen-bond acceptors (Lipinski definition) is 2. The van der Waals surface area contributed by atoms with Crippen molar-refractivity contribution in [1.29, 1.82) is 0 Å². The van der Waals surface area contributed by atoms with Gasteiger partial charge in [-0.2, -0.15) is 0 Å². The molecule has 0 spiro atoms. The third-order valence-electron chi connectivity index (χ3n) is 2.98. The van der Waals surface area contributed by atoms with Crippen LogP contribution in [0.1, 0.15) is 24.0 Å². The van der Waals surface area contributed by atoms with Gasteiger partial charge in [-0.25, -0.2) is 0 Å².